The molecular weight excluding hydrogens is 309 g/mol. The molecule has 2 aromatic rings. The second kappa shape index (κ2) is 6.68. The van der Waals surface area contributed by atoms with Gasteiger partial charge in [-0.05, 0) is 36.4 Å². The second-order valence-electron chi connectivity index (χ2n) is 4.21. The lowest BCUT2D eigenvalue weighted by atomic mass is 10.1. The first-order valence-corrected chi connectivity index (χ1v) is 6.78. The summed E-state index contributed by atoms with van der Waals surface area (Å²) in [5, 5.41) is 3.09. The molecule has 0 bridgehead atoms. The van der Waals surface area contributed by atoms with Crippen LogP contribution in [0.3, 0.4) is 0 Å². The maximum absolute atomic E-state index is 13.5. The van der Waals surface area contributed by atoms with Crippen LogP contribution in [0, 0.1) is 5.82 Å². The smallest absolute Gasteiger partial charge is 0.165 e. The van der Waals surface area contributed by atoms with E-state index in [4.69, 9.17) is 4.74 Å². The van der Waals surface area contributed by atoms with E-state index in [1.807, 2.05) is 31.3 Å². The minimum atomic E-state index is -0.352. The summed E-state index contributed by atoms with van der Waals surface area (Å²) in [6, 6.07) is 12.7. The van der Waals surface area contributed by atoms with Crippen LogP contribution in [0.1, 0.15) is 11.1 Å². The highest BCUT2D eigenvalue weighted by atomic mass is 79.9. The Morgan fingerprint density at radius 1 is 1.11 bits per heavy atom. The molecule has 0 aliphatic carbocycles. The molecular formula is C15H15BrFNO. The average Bonchev–Trinajstić information content (AvgIpc) is 2.42. The van der Waals surface area contributed by atoms with Crippen molar-refractivity contribution in [1.29, 1.82) is 0 Å². The molecule has 100 valence electrons. The Balaban J connectivity index is 2.00. The van der Waals surface area contributed by atoms with Crippen molar-refractivity contribution in [3.8, 4) is 5.75 Å². The van der Waals surface area contributed by atoms with Crippen LogP contribution in [-0.4, -0.2) is 7.05 Å². The van der Waals surface area contributed by atoms with Crippen LogP contribution < -0.4 is 10.1 Å². The second-order valence-corrected chi connectivity index (χ2v) is 5.13. The van der Waals surface area contributed by atoms with Gasteiger partial charge in [0.2, 0.25) is 0 Å². The Labute approximate surface area is 120 Å². The van der Waals surface area contributed by atoms with Gasteiger partial charge in [0.05, 0.1) is 0 Å². The monoisotopic (exact) mass is 323 g/mol. The summed E-state index contributed by atoms with van der Waals surface area (Å²) >= 11 is 3.30. The Morgan fingerprint density at radius 3 is 2.47 bits per heavy atom. The molecule has 0 amide bonds. The number of ether oxygens (including phenoxy) is 1. The Morgan fingerprint density at radius 2 is 1.79 bits per heavy atom. The number of hydrogen-bond donors (Lipinski definition) is 1. The molecule has 2 aromatic carbocycles. The first-order valence-electron chi connectivity index (χ1n) is 5.99. The molecule has 0 aliphatic rings. The zero-order valence-electron chi connectivity index (χ0n) is 10.6. The lowest BCUT2D eigenvalue weighted by Gasteiger charge is -2.08. The topological polar surface area (TPSA) is 21.3 Å². The summed E-state index contributed by atoms with van der Waals surface area (Å²) < 4.78 is 19.8. The van der Waals surface area contributed by atoms with Gasteiger partial charge in [-0.15, -0.1) is 0 Å². The largest absolute Gasteiger partial charge is 0.486 e. The van der Waals surface area contributed by atoms with E-state index in [2.05, 4.69) is 21.2 Å². The van der Waals surface area contributed by atoms with Gasteiger partial charge in [-0.3, -0.25) is 0 Å². The van der Waals surface area contributed by atoms with Gasteiger partial charge in [0.25, 0.3) is 0 Å². The Hall–Kier alpha value is -1.39. The van der Waals surface area contributed by atoms with Crippen molar-refractivity contribution >= 4 is 15.9 Å². The van der Waals surface area contributed by atoms with Crippen molar-refractivity contribution in [3.05, 3.63) is 63.9 Å². The predicted molar refractivity (Wildman–Crippen MR) is 77.6 cm³/mol. The van der Waals surface area contributed by atoms with Crippen molar-refractivity contribution in [1.82, 2.24) is 5.32 Å². The molecule has 4 heteroatoms. The first kappa shape index (κ1) is 14.0. The van der Waals surface area contributed by atoms with E-state index in [1.165, 1.54) is 11.6 Å². The molecule has 2 nitrogen and oxygen atoms in total. The van der Waals surface area contributed by atoms with Crippen LogP contribution >= 0.6 is 15.9 Å². The van der Waals surface area contributed by atoms with Gasteiger partial charge in [0.1, 0.15) is 6.61 Å². The van der Waals surface area contributed by atoms with E-state index < -0.39 is 0 Å². The van der Waals surface area contributed by atoms with E-state index in [9.17, 15) is 4.39 Å². The van der Waals surface area contributed by atoms with Crippen molar-refractivity contribution < 1.29 is 9.13 Å². The van der Waals surface area contributed by atoms with Gasteiger partial charge in [0, 0.05) is 11.0 Å². The number of halogens is 2. The van der Waals surface area contributed by atoms with E-state index in [1.54, 1.807) is 12.1 Å². The summed E-state index contributed by atoms with van der Waals surface area (Å²) in [6.07, 6.45) is 0. The van der Waals surface area contributed by atoms with Gasteiger partial charge >= 0.3 is 0 Å². The fraction of sp³-hybridized carbons (Fsp3) is 0.200. The number of nitrogens with one attached hydrogen (secondary N) is 1. The van der Waals surface area contributed by atoms with Crippen LogP contribution in [0.2, 0.25) is 0 Å². The van der Waals surface area contributed by atoms with E-state index in [0.29, 0.717) is 6.61 Å². The molecule has 0 heterocycles. The molecule has 1 N–H and O–H groups in total. The van der Waals surface area contributed by atoms with Crippen molar-refractivity contribution in [2.24, 2.45) is 0 Å². The first-order chi connectivity index (χ1) is 9.19. The average molecular weight is 324 g/mol. The zero-order valence-corrected chi connectivity index (χ0v) is 12.2. The van der Waals surface area contributed by atoms with Crippen LogP contribution in [-0.2, 0) is 13.2 Å². The third-order valence-electron chi connectivity index (χ3n) is 2.69. The zero-order chi connectivity index (χ0) is 13.7. The molecule has 0 spiro atoms. The summed E-state index contributed by atoms with van der Waals surface area (Å²) in [4.78, 5) is 0. The minimum absolute atomic E-state index is 0.258. The molecule has 0 aliphatic heterocycles. The maximum Gasteiger partial charge on any atom is 0.165 e. The molecule has 19 heavy (non-hydrogen) atoms. The van der Waals surface area contributed by atoms with E-state index >= 15 is 0 Å². The van der Waals surface area contributed by atoms with E-state index in [0.717, 1.165) is 16.6 Å². The van der Waals surface area contributed by atoms with Crippen molar-refractivity contribution in [3.63, 3.8) is 0 Å². The molecule has 0 unspecified atom stereocenters. The third-order valence-corrected chi connectivity index (χ3v) is 3.18. The summed E-state index contributed by atoms with van der Waals surface area (Å²) in [5.74, 6) is -0.0938. The van der Waals surface area contributed by atoms with E-state index in [-0.39, 0.29) is 11.6 Å². The highest BCUT2D eigenvalue weighted by Gasteiger charge is 2.04. The van der Waals surface area contributed by atoms with Gasteiger partial charge in [-0.1, -0.05) is 40.2 Å². The molecule has 0 atom stereocenters. The van der Waals surface area contributed by atoms with Crippen LogP contribution in [0.5, 0.6) is 5.75 Å². The summed E-state index contributed by atoms with van der Waals surface area (Å²) in [5.41, 5.74) is 2.22. The standard InChI is InChI=1S/C15H15BrFNO/c1-18-9-11-2-4-12(5-3-11)10-19-15-8-13(16)6-7-14(15)17/h2-8,18H,9-10H2,1H3. The SMILES string of the molecule is CNCc1ccc(COc2cc(Br)ccc2F)cc1. The summed E-state index contributed by atoms with van der Waals surface area (Å²) in [6.45, 7) is 1.19. The quantitative estimate of drug-likeness (QED) is 0.901. The lowest BCUT2D eigenvalue weighted by Crippen LogP contribution is -2.05. The molecule has 0 fully saturated rings. The number of hydrogen-bond acceptors (Lipinski definition) is 2. The van der Waals surface area contributed by atoms with Gasteiger partial charge in [0.15, 0.2) is 11.6 Å². The molecule has 0 saturated heterocycles. The van der Waals surface area contributed by atoms with Crippen molar-refractivity contribution in [2.45, 2.75) is 13.2 Å². The molecule has 0 aromatic heterocycles. The highest BCUT2D eigenvalue weighted by Crippen LogP contribution is 2.23. The number of rotatable bonds is 5. The molecule has 2 rings (SSSR count). The predicted octanol–water partition coefficient (Wildman–Crippen LogP) is 3.89. The van der Waals surface area contributed by atoms with Crippen LogP contribution in [0.25, 0.3) is 0 Å². The van der Waals surface area contributed by atoms with Gasteiger partial charge in [-0.25, -0.2) is 4.39 Å². The van der Waals surface area contributed by atoms with Crippen molar-refractivity contribution in [2.75, 3.05) is 7.05 Å². The summed E-state index contributed by atoms with van der Waals surface area (Å²) in [7, 11) is 1.91. The fourth-order valence-electron chi connectivity index (χ4n) is 1.71. The maximum atomic E-state index is 13.5. The Bertz CT molecular complexity index is 542. The normalized spacial score (nSPS) is 10.5. The molecule has 0 saturated carbocycles. The molecule has 0 radical (unpaired) electrons. The van der Waals surface area contributed by atoms with Gasteiger partial charge in [-0.2, -0.15) is 0 Å². The fourth-order valence-corrected chi connectivity index (χ4v) is 2.05. The number of benzene rings is 2. The third kappa shape index (κ3) is 4.04. The lowest BCUT2D eigenvalue weighted by molar-refractivity contribution is 0.290. The Kier molecular flexibility index (Phi) is 4.93. The highest BCUT2D eigenvalue weighted by molar-refractivity contribution is 9.10. The van der Waals surface area contributed by atoms with Crippen LogP contribution in [0.4, 0.5) is 4.39 Å². The minimum Gasteiger partial charge on any atom is -0.486 e. The van der Waals surface area contributed by atoms with Crippen LogP contribution in [0.15, 0.2) is 46.9 Å². The van der Waals surface area contributed by atoms with Gasteiger partial charge < -0.3 is 10.1 Å².